The number of amides is 2. The monoisotopic (exact) mass is 417 g/mol. The van der Waals surface area contributed by atoms with Crippen molar-refractivity contribution in [3.8, 4) is 11.1 Å². The normalized spacial score (nSPS) is 16.5. The van der Waals surface area contributed by atoms with E-state index in [4.69, 9.17) is 5.11 Å². The van der Waals surface area contributed by atoms with Crippen LogP contribution >= 0.6 is 0 Å². The number of carbonyl (C=O) groups is 2. The number of halogens is 3. The minimum Gasteiger partial charge on any atom is -0.465 e. The highest BCUT2D eigenvalue weighted by molar-refractivity contribution is 5.99. The molecule has 3 aromatic rings. The van der Waals surface area contributed by atoms with Gasteiger partial charge in [-0.25, -0.2) is 14.8 Å². The van der Waals surface area contributed by atoms with Crippen molar-refractivity contribution in [3.63, 3.8) is 0 Å². The molecule has 0 atom stereocenters. The lowest BCUT2D eigenvalue weighted by atomic mass is 9.99. The molecule has 0 unspecified atom stereocenters. The molecule has 154 valence electrons. The molecule has 2 aliphatic rings. The first-order valence-corrected chi connectivity index (χ1v) is 9.08. The number of anilines is 1. The van der Waals surface area contributed by atoms with Crippen molar-refractivity contribution < 1.29 is 27.9 Å². The number of alkyl halides is 3. The lowest BCUT2D eigenvalue weighted by molar-refractivity contribution is -0.140. The van der Waals surface area contributed by atoms with Crippen LogP contribution in [0.4, 0.5) is 23.7 Å². The molecule has 4 heterocycles. The van der Waals surface area contributed by atoms with E-state index < -0.39 is 18.0 Å². The smallest absolute Gasteiger partial charge is 0.434 e. The first-order valence-electron chi connectivity index (χ1n) is 9.08. The Bertz CT molecular complexity index is 1210. The number of hydrogen-bond acceptors (Lipinski definition) is 4. The van der Waals surface area contributed by atoms with Crippen molar-refractivity contribution in [2.45, 2.75) is 18.5 Å². The van der Waals surface area contributed by atoms with Crippen LogP contribution < -0.4 is 5.32 Å². The fraction of sp³-hybridized carbons (Fsp3) is 0.263. The Morgan fingerprint density at radius 2 is 1.97 bits per heavy atom. The summed E-state index contributed by atoms with van der Waals surface area (Å²) in [6.07, 6.45) is -5.64. The average Bonchev–Trinajstić information content (AvgIpc) is 3.18. The summed E-state index contributed by atoms with van der Waals surface area (Å²) in [6.45, 7) is 0.444. The van der Waals surface area contributed by atoms with E-state index in [1.807, 2.05) is 0 Å². The second kappa shape index (κ2) is 6.18. The zero-order valence-corrected chi connectivity index (χ0v) is 15.2. The molecule has 3 N–H and O–H groups in total. The number of likely N-dealkylation sites (tertiary alicyclic amines) is 1. The fourth-order valence-electron chi connectivity index (χ4n) is 3.79. The van der Waals surface area contributed by atoms with Crippen molar-refractivity contribution in [1.29, 1.82) is 0 Å². The topological polar surface area (TPSA) is 111 Å². The van der Waals surface area contributed by atoms with Gasteiger partial charge in [0.05, 0.1) is 17.9 Å². The average molecular weight is 417 g/mol. The largest absolute Gasteiger partial charge is 0.465 e. The van der Waals surface area contributed by atoms with Crippen LogP contribution in [0.25, 0.3) is 22.3 Å². The highest BCUT2D eigenvalue weighted by atomic mass is 19.4. The second-order valence-corrected chi connectivity index (χ2v) is 7.36. The van der Waals surface area contributed by atoms with Crippen LogP contribution in [0.2, 0.25) is 0 Å². The van der Waals surface area contributed by atoms with Crippen LogP contribution in [0.3, 0.4) is 0 Å². The van der Waals surface area contributed by atoms with Crippen molar-refractivity contribution >= 4 is 28.9 Å². The van der Waals surface area contributed by atoms with Gasteiger partial charge in [-0.05, 0) is 29.3 Å². The number of hydrogen-bond donors (Lipinski definition) is 3. The molecule has 8 nitrogen and oxygen atoms in total. The Labute approximate surface area is 166 Å². The molecule has 5 rings (SSSR count). The lowest BCUT2D eigenvalue weighted by Crippen LogP contribution is -2.48. The highest BCUT2D eigenvalue weighted by Crippen LogP contribution is 2.39. The van der Waals surface area contributed by atoms with E-state index >= 15 is 0 Å². The highest BCUT2D eigenvalue weighted by Gasteiger charge is 2.38. The van der Waals surface area contributed by atoms with Gasteiger partial charge in [0.2, 0.25) is 5.91 Å². The molecular formula is C19H14F3N5O3. The van der Waals surface area contributed by atoms with Gasteiger partial charge < -0.3 is 20.3 Å². The number of nitrogens with one attached hydrogen (secondary N) is 2. The van der Waals surface area contributed by atoms with Crippen LogP contribution in [0, 0.1) is 0 Å². The van der Waals surface area contributed by atoms with Gasteiger partial charge in [-0.15, -0.1) is 0 Å². The second-order valence-electron chi connectivity index (χ2n) is 7.36. The molecule has 2 aromatic heterocycles. The Morgan fingerprint density at radius 3 is 2.67 bits per heavy atom. The van der Waals surface area contributed by atoms with E-state index in [9.17, 15) is 22.8 Å². The zero-order valence-electron chi connectivity index (χ0n) is 15.2. The number of rotatable bonds is 2. The summed E-state index contributed by atoms with van der Waals surface area (Å²) in [5.74, 6) is -0.0184. The van der Waals surface area contributed by atoms with Crippen molar-refractivity contribution in [1.82, 2.24) is 19.9 Å². The van der Waals surface area contributed by atoms with E-state index in [1.54, 1.807) is 12.1 Å². The number of nitrogens with zero attached hydrogens (tertiary/aromatic N) is 3. The van der Waals surface area contributed by atoms with Gasteiger partial charge in [0, 0.05) is 24.3 Å². The van der Waals surface area contributed by atoms with E-state index in [1.165, 1.54) is 17.0 Å². The van der Waals surface area contributed by atoms with Crippen LogP contribution in [0.1, 0.15) is 23.0 Å². The maximum atomic E-state index is 13.7. The standard InChI is InChI=1S/C19H14F3N5O3/c20-19(21,22)15-11(8-1-2-12-9(3-8)4-14(28)23-12)5-13-17(25-15)26-16(24-13)10-6-27(7-10)18(29)30/h1-3,5,10H,4,6-7H2,(H,23,28)(H,29,30)(H,24,25,26). The van der Waals surface area contributed by atoms with E-state index in [2.05, 4.69) is 20.3 Å². The van der Waals surface area contributed by atoms with Crippen molar-refractivity contribution in [2.24, 2.45) is 0 Å². The number of pyridine rings is 1. The molecule has 0 bridgehead atoms. The maximum absolute atomic E-state index is 13.7. The molecule has 2 amide bonds. The van der Waals surface area contributed by atoms with E-state index in [0.717, 1.165) is 0 Å². The van der Waals surface area contributed by atoms with Gasteiger partial charge in [0.1, 0.15) is 5.82 Å². The Balaban J connectivity index is 1.58. The predicted octanol–water partition coefficient (Wildman–Crippen LogP) is 3.22. The third-order valence-electron chi connectivity index (χ3n) is 5.34. The molecular weight excluding hydrogens is 403 g/mol. The molecule has 1 aromatic carbocycles. The summed E-state index contributed by atoms with van der Waals surface area (Å²) in [4.78, 5) is 34.6. The number of aromatic amines is 1. The van der Waals surface area contributed by atoms with Crippen molar-refractivity contribution in [3.05, 3.63) is 41.3 Å². The summed E-state index contributed by atoms with van der Waals surface area (Å²) in [7, 11) is 0. The van der Waals surface area contributed by atoms with Crippen LogP contribution in [-0.4, -0.2) is 50.0 Å². The molecule has 0 saturated carbocycles. The van der Waals surface area contributed by atoms with E-state index in [-0.39, 0.29) is 42.5 Å². The minimum atomic E-state index is -4.70. The van der Waals surface area contributed by atoms with Crippen molar-refractivity contribution in [2.75, 3.05) is 18.4 Å². The summed E-state index contributed by atoms with van der Waals surface area (Å²) >= 11 is 0. The molecule has 1 fully saturated rings. The SMILES string of the molecule is O=C1Cc2cc(-c3cc4[nH]c(C5CN(C(=O)O)C5)nc4nc3C(F)(F)F)ccc2N1. The summed E-state index contributed by atoms with van der Waals surface area (Å²) in [6, 6.07) is 5.99. The molecule has 0 radical (unpaired) electrons. The van der Waals surface area contributed by atoms with E-state index in [0.29, 0.717) is 28.2 Å². The van der Waals surface area contributed by atoms with Gasteiger partial charge in [0.25, 0.3) is 0 Å². The van der Waals surface area contributed by atoms with Crippen LogP contribution in [0.5, 0.6) is 0 Å². The summed E-state index contributed by atoms with van der Waals surface area (Å²) < 4.78 is 41.2. The number of aromatic nitrogens is 3. The number of fused-ring (bicyclic) bond motifs is 2. The Morgan fingerprint density at radius 1 is 1.20 bits per heavy atom. The minimum absolute atomic E-state index is 0.0761. The summed E-state index contributed by atoms with van der Waals surface area (Å²) in [5.41, 5.74) is 0.578. The first-order chi connectivity index (χ1) is 14.2. The third kappa shape index (κ3) is 2.93. The molecule has 0 aliphatic carbocycles. The lowest BCUT2D eigenvalue weighted by Gasteiger charge is -2.35. The Hall–Kier alpha value is -3.63. The van der Waals surface area contributed by atoms with Crippen LogP contribution in [-0.2, 0) is 17.4 Å². The van der Waals surface area contributed by atoms with Gasteiger partial charge in [-0.1, -0.05) is 6.07 Å². The maximum Gasteiger partial charge on any atom is 0.434 e. The van der Waals surface area contributed by atoms with Gasteiger partial charge >= 0.3 is 12.3 Å². The fourth-order valence-corrected chi connectivity index (χ4v) is 3.79. The predicted molar refractivity (Wildman–Crippen MR) is 99.0 cm³/mol. The van der Waals surface area contributed by atoms with Crippen LogP contribution in [0.15, 0.2) is 24.3 Å². The van der Waals surface area contributed by atoms with Gasteiger partial charge in [0.15, 0.2) is 11.3 Å². The number of H-pyrrole nitrogens is 1. The molecule has 0 spiro atoms. The quantitative estimate of drug-likeness (QED) is 0.593. The number of imidazole rings is 1. The van der Waals surface area contributed by atoms with Gasteiger partial charge in [-0.3, -0.25) is 4.79 Å². The number of carboxylic acid groups (broad SMARTS) is 1. The molecule has 2 aliphatic heterocycles. The first kappa shape index (κ1) is 18.4. The molecule has 11 heteroatoms. The molecule has 1 saturated heterocycles. The summed E-state index contributed by atoms with van der Waals surface area (Å²) in [5, 5.41) is 11.6. The third-order valence-corrected chi connectivity index (χ3v) is 5.34. The zero-order chi connectivity index (χ0) is 21.2. The molecule has 30 heavy (non-hydrogen) atoms. The Kier molecular flexibility index (Phi) is 3.79. The number of benzene rings is 1. The van der Waals surface area contributed by atoms with Gasteiger partial charge in [-0.2, -0.15) is 13.2 Å². The number of carbonyl (C=O) groups excluding carboxylic acids is 1.